The van der Waals surface area contributed by atoms with Crippen LogP contribution in [-0.2, 0) is 19.1 Å². The van der Waals surface area contributed by atoms with E-state index in [0.29, 0.717) is 11.1 Å². The van der Waals surface area contributed by atoms with E-state index < -0.39 is 29.8 Å². The molecule has 1 amide bonds. The lowest BCUT2D eigenvalue weighted by atomic mass is 10.1. The molecule has 0 heterocycles. The van der Waals surface area contributed by atoms with Crippen LogP contribution in [0.2, 0.25) is 0 Å². The fourth-order valence-electron chi connectivity index (χ4n) is 2.08. The van der Waals surface area contributed by atoms with Crippen LogP contribution in [-0.4, -0.2) is 31.1 Å². The zero-order chi connectivity index (χ0) is 19.8. The van der Waals surface area contributed by atoms with Crippen LogP contribution in [0.15, 0.2) is 54.6 Å². The predicted octanol–water partition coefficient (Wildman–Crippen LogP) is 3.20. The van der Waals surface area contributed by atoms with Crippen molar-refractivity contribution in [1.29, 1.82) is 0 Å². The van der Waals surface area contributed by atoms with Crippen molar-refractivity contribution >= 4 is 29.6 Å². The Hall–Kier alpha value is -3.48. The van der Waals surface area contributed by atoms with E-state index >= 15 is 0 Å². The van der Waals surface area contributed by atoms with Crippen LogP contribution in [0.3, 0.4) is 0 Å². The van der Waals surface area contributed by atoms with Crippen LogP contribution in [0.5, 0.6) is 0 Å². The van der Waals surface area contributed by atoms with Crippen molar-refractivity contribution in [2.45, 2.75) is 13.0 Å². The first kappa shape index (κ1) is 19.8. The summed E-state index contributed by atoms with van der Waals surface area (Å²) in [5.41, 5.74) is 1.05. The first-order chi connectivity index (χ1) is 12.9. The van der Waals surface area contributed by atoms with Crippen LogP contribution in [0, 0.1) is 5.82 Å². The Bertz CT molecular complexity index is 861. The molecule has 0 unspecified atom stereocenters. The minimum absolute atomic E-state index is 0.00615. The molecule has 0 spiro atoms. The third kappa shape index (κ3) is 5.78. The summed E-state index contributed by atoms with van der Waals surface area (Å²) in [5, 5.41) is 2.35. The molecule has 0 aliphatic rings. The summed E-state index contributed by atoms with van der Waals surface area (Å²) in [4.78, 5) is 35.2. The van der Waals surface area contributed by atoms with Crippen molar-refractivity contribution in [3.63, 3.8) is 0 Å². The van der Waals surface area contributed by atoms with Gasteiger partial charge in [0.25, 0.3) is 5.91 Å². The van der Waals surface area contributed by atoms with E-state index in [4.69, 9.17) is 4.74 Å². The van der Waals surface area contributed by atoms with Crippen LogP contribution in [0.25, 0.3) is 6.08 Å². The van der Waals surface area contributed by atoms with Gasteiger partial charge in [0, 0.05) is 6.08 Å². The molecular weight excluding hydrogens is 353 g/mol. The number of hydrogen-bond acceptors (Lipinski definition) is 5. The zero-order valence-electron chi connectivity index (χ0n) is 14.8. The van der Waals surface area contributed by atoms with Gasteiger partial charge in [-0.2, -0.15) is 0 Å². The number of hydrogen-bond donors (Lipinski definition) is 1. The number of para-hydroxylation sites is 1. The summed E-state index contributed by atoms with van der Waals surface area (Å²) in [6.07, 6.45) is 1.52. The van der Waals surface area contributed by atoms with Gasteiger partial charge in [-0.05, 0) is 42.8 Å². The topological polar surface area (TPSA) is 81.7 Å². The van der Waals surface area contributed by atoms with Crippen LogP contribution in [0.1, 0.15) is 22.8 Å². The van der Waals surface area contributed by atoms with Gasteiger partial charge < -0.3 is 14.8 Å². The quantitative estimate of drug-likeness (QED) is 0.623. The summed E-state index contributed by atoms with van der Waals surface area (Å²) in [7, 11) is 1.29. The minimum Gasteiger partial charge on any atom is -0.465 e. The summed E-state index contributed by atoms with van der Waals surface area (Å²) in [6, 6.07) is 12.1. The highest BCUT2D eigenvalue weighted by molar-refractivity contribution is 5.96. The molecule has 0 aromatic heterocycles. The smallest absolute Gasteiger partial charge is 0.337 e. The van der Waals surface area contributed by atoms with Gasteiger partial charge in [-0.1, -0.05) is 24.3 Å². The monoisotopic (exact) mass is 371 g/mol. The third-order valence-electron chi connectivity index (χ3n) is 3.54. The Morgan fingerprint density at radius 1 is 1.07 bits per heavy atom. The van der Waals surface area contributed by atoms with E-state index in [1.807, 2.05) is 0 Å². The first-order valence-corrected chi connectivity index (χ1v) is 8.03. The molecule has 0 saturated heterocycles. The molecule has 7 heteroatoms. The van der Waals surface area contributed by atoms with Crippen LogP contribution < -0.4 is 5.32 Å². The number of amides is 1. The second kappa shape index (κ2) is 9.28. The Balaban J connectivity index is 1.90. The number of carbonyl (C=O) groups excluding carboxylic acids is 3. The van der Waals surface area contributed by atoms with Gasteiger partial charge in [0.15, 0.2) is 6.10 Å². The van der Waals surface area contributed by atoms with Crippen molar-refractivity contribution in [3.8, 4) is 0 Å². The van der Waals surface area contributed by atoms with E-state index in [-0.39, 0.29) is 5.69 Å². The van der Waals surface area contributed by atoms with E-state index in [2.05, 4.69) is 10.1 Å². The van der Waals surface area contributed by atoms with Gasteiger partial charge in [-0.3, -0.25) is 4.79 Å². The van der Waals surface area contributed by atoms with Crippen molar-refractivity contribution in [3.05, 3.63) is 71.6 Å². The molecule has 2 aromatic rings. The number of esters is 2. The number of benzene rings is 2. The summed E-state index contributed by atoms with van der Waals surface area (Å²) < 4.78 is 23.1. The zero-order valence-corrected chi connectivity index (χ0v) is 14.8. The van der Waals surface area contributed by atoms with Gasteiger partial charge in [0.05, 0.1) is 18.4 Å². The number of nitrogens with one attached hydrogen (secondary N) is 1. The standard InChI is InChI=1S/C20H18FNO5/c1-13(19(24)22-17-6-4-3-5-16(17)21)27-18(23)12-9-14-7-10-15(11-8-14)20(25)26-2/h3-13H,1-2H3,(H,22,24)/b12-9+/t13-/m1/s1. The van der Waals surface area contributed by atoms with Gasteiger partial charge in [0.1, 0.15) is 5.82 Å². The summed E-state index contributed by atoms with van der Waals surface area (Å²) in [6.45, 7) is 1.38. The molecule has 6 nitrogen and oxygen atoms in total. The lowest BCUT2D eigenvalue weighted by Crippen LogP contribution is -2.29. The predicted molar refractivity (Wildman–Crippen MR) is 97.4 cm³/mol. The highest BCUT2D eigenvalue weighted by atomic mass is 19.1. The first-order valence-electron chi connectivity index (χ1n) is 8.03. The number of carbonyl (C=O) groups is 3. The number of halogens is 1. The lowest BCUT2D eigenvalue weighted by molar-refractivity contribution is -0.148. The van der Waals surface area contributed by atoms with Crippen molar-refractivity contribution in [2.24, 2.45) is 0 Å². The average molecular weight is 371 g/mol. The minimum atomic E-state index is -1.11. The molecule has 0 radical (unpaired) electrons. The molecule has 0 bridgehead atoms. The van der Waals surface area contributed by atoms with Gasteiger partial charge in [-0.25, -0.2) is 14.0 Å². The molecule has 0 saturated carbocycles. The number of anilines is 1. The second-order valence-corrected chi connectivity index (χ2v) is 5.50. The van der Waals surface area contributed by atoms with E-state index in [9.17, 15) is 18.8 Å². The fourth-order valence-corrected chi connectivity index (χ4v) is 2.08. The summed E-state index contributed by atoms with van der Waals surface area (Å²) >= 11 is 0. The Kier molecular flexibility index (Phi) is 6.82. The maximum absolute atomic E-state index is 13.5. The van der Waals surface area contributed by atoms with Gasteiger partial charge in [-0.15, -0.1) is 0 Å². The molecule has 0 aliphatic carbocycles. The number of rotatable bonds is 6. The molecule has 0 fully saturated rings. The van der Waals surface area contributed by atoms with Crippen molar-refractivity contribution in [2.75, 3.05) is 12.4 Å². The number of ether oxygens (including phenoxy) is 2. The average Bonchev–Trinajstić information content (AvgIpc) is 2.67. The molecule has 0 aliphatic heterocycles. The molecule has 2 rings (SSSR count). The molecule has 140 valence electrons. The van der Waals surface area contributed by atoms with E-state index in [1.54, 1.807) is 30.3 Å². The second-order valence-electron chi connectivity index (χ2n) is 5.50. The molecule has 1 atom stereocenters. The lowest BCUT2D eigenvalue weighted by Gasteiger charge is -2.12. The Morgan fingerprint density at radius 2 is 1.74 bits per heavy atom. The molecular formula is C20H18FNO5. The SMILES string of the molecule is COC(=O)c1ccc(/C=C/C(=O)O[C@H](C)C(=O)Nc2ccccc2F)cc1. The highest BCUT2D eigenvalue weighted by Gasteiger charge is 2.17. The largest absolute Gasteiger partial charge is 0.465 e. The normalized spacial score (nSPS) is 11.7. The Labute approximate surface area is 155 Å². The Morgan fingerprint density at radius 3 is 2.37 bits per heavy atom. The van der Waals surface area contributed by atoms with Crippen molar-refractivity contribution < 1.29 is 28.2 Å². The summed E-state index contributed by atoms with van der Waals surface area (Å²) in [5.74, 6) is -2.42. The molecule has 2 aromatic carbocycles. The van der Waals surface area contributed by atoms with Crippen LogP contribution >= 0.6 is 0 Å². The van der Waals surface area contributed by atoms with E-state index in [1.165, 1.54) is 38.3 Å². The highest BCUT2D eigenvalue weighted by Crippen LogP contribution is 2.13. The molecule has 27 heavy (non-hydrogen) atoms. The van der Waals surface area contributed by atoms with Crippen molar-refractivity contribution in [1.82, 2.24) is 0 Å². The maximum Gasteiger partial charge on any atom is 0.337 e. The fraction of sp³-hybridized carbons (Fsp3) is 0.150. The van der Waals surface area contributed by atoms with E-state index in [0.717, 1.165) is 6.08 Å². The van der Waals surface area contributed by atoms with Gasteiger partial charge >= 0.3 is 11.9 Å². The maximum atomic E-state index is 13.5. The van der Waals surface area contributed by atoms with Gasteiger partial charge in [0.2, 0.25) is 0 Å². The molecule has 1 N–H and O–H groups in total. The third-order valence-corrected chi connectivity index (χ3v) is 3.54. The number of methoxy groups -OCH3 is 1. The van der Waals surface area contributed by atoms with Crippen LogP contribution in [0.4, 0.5) is 10.1 Å².